The minimum absolute atomic E-state index is 0.122. The van der Waals surface area contributed by atoms with E-state index in [1.807, 2.05) is 17.5 Å². The van der Waals surface area contributed by atoms with Crippen LogP contribution < -0.4 is 19.9 Å². The first kappa shape index (κ1) is 16.3. The van der Waals surface area contributed by atoms with E-state index in [-0.39, 0.29) is 23.6 Å². The molecule has 0 saturated heterocycles. The Balaban J connectivity index is 1.76. The molecule has 126 valence electrons. The van der Waals surface area contributed by atoms with Crippen LogP contribution in [0.2, 0.25) is 0 Å². The average molecular weight is 346 g/mol. The molecule has 3 rings (SSSR count). The summed E-state index contributed by atoms with van der Waals surface area (Å²) in [7, 11) is 0. The standard InChI is InChI=1S/C17H17NO5S/c19-16(5-4-11-3-1-8-24-11)18-13-10-15-14(9-12(13)17(20)21)22-6-2-7-23-15/h1,3,8-10H,2,4-7H2,(H,18,19)(H,20,21)/p-1. The Morgan fingerprint density at radius 2 is 1.96 bits per heavy atom. The van der Waals surface area contributed by atoms with E-state index in [1.165, 1.54) is 12.1 Å². The highest BCUT2D eigenvalue weighted by Crippen LogP contribution is 2.35. The van der Waals surface area contributed by atoms with E-state index >= 15 is 0 Å². The maximum Gasteiger partial charge on any atom is 0.224 e. The number of fused-ring (bicyclic) bond motifs is 1. The molecule has 0 saturated carbocycles. The highest BCUT2D eigenvalue weighted by Gasteiger charge is 2.17. The van der Waals surface area contributed by atoms with Crippen LogP contribution >= 0.6 is 11.3 Å². The zero-order valence-electron chi connectivity index (χ0n) is 12.9. The Hall–Kier alpha value is -2.54. The summed E-state index contributed by atoms with van der Waals surface area (Å²) >= 11 is 1.58. The highest BCUT2D eigenvalue weighted by molar-refractivity contribution is 7.09. The Kier molecular flexibility index (Phi) is 5.00. The van der Waals surface area contributed by atoms with Crippen LogP contribution in [0.1, 0.15) is 28.1 Å². The molecule has 0 radical (unpaired) electrons. The van der Waals surface area contributed by atoms with Gasteiger partial charge in [0.1, 0.15) is 0 Å². The average Bonchev–Trinajstić information content (AvgIpc) is 2.97. The van der Waals surface area contributed by atoms with E-state index in [2.05, 4.69) is 5.32 Å². The molecule has 1 aliphatic heterocycles. The zero-order valence-corrected chi connectivity index (χ0v) is 13.7. The summed E-state index contributed by atoms with van der Waals surface area (Å²) in [6.07, 6.45) is 1.58. The molecule has 6 nitrogen and oxygen atoms in total. The number of carbonyl (C=O) groups is 2. The number of carboxylic acids is 1. The number of aromatic carboxylic acids is 1. The molecule has 0 unspecified atom stereocenters. The monoisotopic (exact) mass is 346 g/mol. The third kappa shape index (κ3) is 3.86. The number of rotatable bonds is 5. The van der Waals surface area contributed by atoms with Crippen molar-refractivity contribution in [2.45, 2.75) is 19.3 Å². The fraction of sp³-hybridized carbons (Fsp3) is 0.294. The largest absolute Gasteiger partial charge is 0.545 e. The quantitative estimate of drug-likeness (QED) is 0.892. The first-order valence-electron chi connectivity index (χ1n) is 7.60. The number of thiophene rings is 1. The number of hydrogen-bond acceptors (Lipinski definition) is 6. The van der Waals surface area contributed by atoms with Crippen LogP contribution in [0.4, 0.5) is 5.69 Å². The molecule has 2 heterocycles. The highest BCUT2D eigenvalue weighted by atomic mass is 32.1. The van der Waals surface area contributed by atoms with Crippen molar-refractivity contribution in [2.75, 3.05) is 18.5 Å². The first-order chi connectivity index (χ1) is 11.6. The fourth-order valence-electron chi connectivity index (χ4n) is 2.39. The third-order valence-corrected chi connectivity index (χ3v) is 4.50. The number of hydrogen-bond donors (Lipinski definition) is 1. The zero-order chi connectivity index (χ0) is 16.9. The van der Waals surface area contributed by atoms with Crippen LogP contribution in [0.5, 0.6) is 11.5 Å². The molecule has 7 heteroatoms. The molecule has 0 spiro atoms. The van der Waals surface area contributed by atoms with Crippen LogP contribution in [-0.4, -0.2) is 25.1 Å². The van der Waals surface area contributed by atoms with Crippen molar-refractivity contribution in [3.05, 3.63) is 40.1 Å². The van der Waals surface area contributed by atoms with Gasteiger partial charge in [-0.1, -0.05) is 6.07 Å². The summed E-state index contributed by atoms with van der Waals surface area (Å²) in [5, 5.41) is 15.9. The van der Waals surface area contributed by atoms with Gasteiger partial charge in [0.2, 0.25) is 5.91 Å². The number of anilines is 1. The number of benzene rings is 1. The minimum Gasteiger partial charge on any atom is -0.545 e. The van der Waals surface area contributed by atoms with E-state index in [0.717, 1.165) is 4.88 Å². The minimum atomic E-state index is -1.38. The summed E-state index contributed by atoms with van der Waals surface area (Å²) in [6, 6.07) is 6.70. The van der Waals surface area contributed by atoms with E-state index < -0.39 is 5.97 Å². The number of ether oxygens (including phenoxy) is 2. The molecule has 24 heavy (non-hydrogen) atoms. The fourth-order valence-corrected chi connectivity index (χ4v) is 3.09. The van der Waals surface area contributed by atoms with Crippen molar-refractivity contribution in [1.29, 1.82) is 0 Å². The topological polar surface area (TPSA) is 87.7 Å². The van der Waals surface area contributed by atoms with Gasteiger partial charge in [0, 0.05) is 29.3 Å². The predicted molar refractivity (Wildman–Crippen MR) is 87.6 cm³/mol. The van der Waals surface area contributed by atoms with Gasteiger partial charge in [-0.25, -0.2) is 0 Å². The van der Waals surface area contributed by atoms with Crippen LogP contribution in [0.3, 0.4) is 0 Å². The molecule has 1 aliphatic rings. The van der Waals surface area contributed by atoms with Gasteiger partial charge < -0.3 is 24.7 Å². The second kappa shape index (κ2) is 7.35. The van der Waals surface area contributed by atoms with Gasteiger partial charge in [-0.2, -0.15) is 0 Å². The lowest BCUT2D eigenvalue weighted by Crippen LogP contribution is -2.25. The van der Waals surface area contributed by atoms with Crippen molar-refractivity contribution in [3.63, 3.8) is 0 Å². The molecule has 2 aromatic rings. The molecule has 0 bridgehead atoms. The molecule has 1 amide bonds. The van der Waals surface area contributed by atoms with Crippen molar-refractivity contribution >= 4 is 28.9 Å². The normalized spacial score (nSPS) is 13.2. The molecule has 1 aromatic heterocycles. The van der Waals surface area contributed by atoms with Gasteiger partial charge in [-0.3, -0.25) is 4.79 Å². The summed E-state index contributed by atoms with van der Waals surface area (Å²) in [4.78, 5) is 24.6. The second-order valence-electron chi connectivity index (χ2n) is 5.31. The van der Waals surface area contributed by atoms with Crippen molar-refractivity contribution in [1.82, 2.24) is 0 Å². The molecule has 1 aromatic carbocycles. The number of carboxylic acid groups (broad SMARTS) is 1. The summed E-state index contributed by atoms with van der Waals surface area (Å²) < 4.78 is 11.0. The summed E-state index contributed by atoms with van der Waals surface area (Å²) in [6.45, 7) is 0.926. The number of amides is 1. The lowest BCUT2D eigenvalue weighted by atomic mass is 10.1. The number of aryl methyl sites for hydroxylation is 1. The number of nitrogens with one attached hydrogen (secondary N) is 1. The van der Waals surface area contributed by atoms with Gasteiger partial charge in [-0.15, -0.1) is 11.3 Å². The predicted octanol–water partition coefficient (Wildman–Crippen LogP) is 1.84. The van der Waals surface area contributed by atoms with Crippen LogP contribution in [-0.2, 0) is 11.2 Å². The van der Waals surface area contributed by atoms with Crippen LogP contribution in [0, 0.1) is 0 Å². The maximum absolute atomic E-state index is 12.1. The lowest BCUT2D eigenvalue weighted by molar-refractivity contribution is -0.254. The van der Waals surface area contributed by atoms with Crippen molar-refractivity contribution in [3.8, 4) is 11.5 Å². The Labute approximate surface area is 143 Å². The summed E-state index contributed by atoms with van der Waals surface area (Å²) in [5.41, 5.74) is 0.0409. The van der Waals surface area contributed by atoms with Gasteiger partial charge in [0.05, 0.1) is 24.9 Å². The van der Waals surface area contributed by atoms with E-state index in [4.69, 9.17) is 9.47 Å². The third-order valence-electron chi connectivity index (χ3n) is 3.56. The van der Waals surface area contributed by atoms with Crippen molar-refractivity contribution < 1.29 is 24.2 Å². The van der Waals surface area contributed by atoms with E-state index in [0.29, 0.717) is 37.6 Å². The SMILES string of the molecule is O=C(CCc1cccs1)Nc1cc2c(cc1C(=O)[O-])OCCCO2. The van der Waals surface area contributed by atoms with Crippen LogP contribution in [0.25, 0.3) is 0 Å². The molecule has 0 atom stereocenters. The smallest absolute Gasteiger partial charge is 0.224 e. The number of carbonyl (C=O) groups excluding carboxylic acids is 2. The van der Waals surface area contributed by atoms with Gasteiger partial charge in [-0.05, 0) is 23.9 Å². The maximum atomic E-state index is 12.1. The van der Waals surface area contributed by atoms with Gasteiger partial charge in [0.25, 0.3) is 0 Å². The van der Waals surface area contributed by atoms with E-state index in [1.54, 1.807) is 11.3 Å². The lowest BCUT2D eigenvalue weighted by Gasteiger charge is -2.16. The van der Waals surface area contributed by atoms with Crippen molar-refractivity contribution in [2.24, 2.45) is 0 Å². The Morgan fingerprint density at radius 3 is 2.62 bits per heavy atom. The molecule has 0 fully saturated rings. The van der Waals surface area contributed by atoms with Gasteiger partial charge in [0.15, 0.2) is 11.5 Å². The van der Waals surface area contributed by atoms with E-state index in [9.17, 15) is 14.7 Å². The van der Waals surface area contributed by atoms with Gasteiger partial charge >= 0.3 is 0 Å². The molecule has 1 N–H and O–H groups in total. The molecule has 0 aliphatic carbocycles. The Morgan fingerprint density at radius 1 is 1.21 bits per heavy atom. The van der Waals surface area contributed by atoms with Crippen LogP contribution in [0.15, 0.2) is 29.6 Å². The molecular formula is C17H16NO5S-. The Bertz CT molecular complexity index is 742. The summed E-state index contributed by atoms with van der Waals surface area (Å²) in [5.74, 6) is -0.867. The molecular weight excluding hydrogens is 330 g/mol. The second-order valence-corrected chi connectivity index (χ2v) is 6.34. The first-order valence-corrected chi connectivity index (χ1v) is 8.48.